The number of furan rings is 1. The molecule has 0 radical (unpaired) electrons. The maximum Gasteiger partial charge on any atom is 0.241 e. The molecule has 1 N–H and O–H groups in total. The lowest BCUT2D eigenvalue weighted by atomic mass is 10.2. The van der Waals surface area contributed by atoms with Gasteiger partial charge in [-0.1, -0.05) is 5.16 Å². The summed E-state index contributed by atoms with van der Waals surface area (Å²) in [5, 5.41) is 7.28. The Morgan fingerprint density at radius 3 is 3.28 bits per heavy atom. The molecular weight excluding hydrogens is 232 g/mol. The summed E-state index contributed by atoms with van der Waals surface area (Å²) >= 11 is 0. The summed E-state index contributed by atoms with van der Waals surface area (Å²) in [6, 6.07) is 4.11. The van der Waals surface area contributed by atoms with Gasteiger partial charge in [0.15, 0.2) is 5.76 Å². The molecule has 0 spiro atoms. The largest absolute Gasteiger partial charge is 0.461 e. The van der Waals surface area contributed by atoms with Crippen LogP contribution >= 0.6 is 0 Å². The predicted octanol–water partition coefficient (Wildman–Crippen LogP) is 1.12. The number of rotatable bonds is 3. The van der Waals surface area contributed by atoms with E-state index in [0.717, 1.165) is 19.6 Å². The molecule has 1 aliphatic heterocycles. The standard InChI is InChI=1S/C12H16N4O2/c1-9-7-13-4-5-16(9)8-11-14-12(15-18-11)10-3-2-6-17-10/h2-3,6,9,13H,4-5,7-8H2,1H3/t9-/m0/s1. The molecule has 6 heteroatoms. The van der Waals surface area contributed by atoms with Gasteiger partial charge in [0.2, 0.25) is 11.7 Å². The quantitative estimate of drug-likeness (QED) is 0.878. The Morgan fingerprint density at radius 2 is 2.50 bits per heavy atom. The fourth-order valence-corrected chi connectivity index (χ4v) is 2.12. The van der Waals surface area contributed by atoms with Gasteiger partial charge in [-0.15, -0.1) is 0 Å². The second-order valence-electron chi connectivity index (χ2n) is 4.51. The SMILES string of the molecule is C[C@H]1CNCCN1Cc1nc(-c2ccco2)no1. The van der Waals surface area contributed by atoms with Gasteiger partial charge in [0.25, 0.3) is 0 Å². The van der Waals surface area contributed by atoms with Crippen LogP contribution in [0.1, 0.15) is 12.8 Å². The van der Waals surface area contributed by atoms with E-state index in [1.807, 2.05) is 12.1 Å². The van der Waals surface area contributed by atoms with Crippen LogP contribution in [0.5, 0.6) is 0 Å². The van der Waals surface area contributed by atoms with Gasteiger partial charge < -0.3 is 14.3 Å². The van der Waals surface area contributed by atoms with Gasteiger partial charge >= 0.3 is 0 Å². The van der Waals surface area contributed by atoms with E-state index in [0.29, 0.717) is 30.1 Å². The maximum atomic E-state index is 5.26. The lowest BCUT2D eigenvalue weighted by molar-refractivity contribution is 0.146. The van der Waals surface area contributed by atoms with Crippen LogP contribution in [-0.4, -0.2) is 40.7 Å². The van der Waals surface area contributed by atoms with Crippen LogP contribution in [0.3, 0.4) is 0 Å². The zero-order chi connectivity index (χ0) is 12.4. The summed E-state index contributed by atoms with van der Waals surface area (Å²) in [4.78, 5) is 6.68. The van der Waals surface area contributed by atoms with Gasteiger partial charge in [-0.25, -0.2) is 0 Å². The number of nitrogens with zero attached hydrogens (tertiary/aromatic N) is 3. The lowest BCUT2D eigenvalue weighted by Gasteiger charge is -2.32. The highest BCUT2D eigenvalue weighted by molar-refractivity contribution is 5.44. The fraction of sp³-hybridized carbons (Fsp3) is 0.500. The summed E-state index contributed by atoms with van der Waals surface area (Å²) in [6.45, 7) is 5.88. The Bertz CT molecular complexity index is 494. The summed E-state index contributed by atoms with van der Waals surface area (Å²) in [5.74, 6) is 1.78. The first-order valence-electron chi connectivity index (χ1n) is 6.14. The van der Waals surface area contributed by atoms with Crippen LogP contribution < -0.4 is 5.32 Å². The first kappa shape index (κ1) is 11.4. The van der Waals surface area contributed by atoms with Crippen LogP contribution in [-0.2, 0) is 6.54 Å². The summed E-state index contributed by atoms with van der Waals surface area (Å²) in [6.07, 6.45) is 1.60. The van der Waals surface area contributed by atoms with Crippen LogP contribution in [0.25, 0.3) is 11.6 Å². The lowest BCUT2D eigenvalue weighted by Crippen LogP contribution is -2.49. The summed E-state index contributed by atoms with van der Waals surface area (Å²) in [7, 11) is 0. The molecule has 3 rings (SSSR count). The molecule has 0 unspecified atom stereocenters. The van der Waals surface area contributed by atoms with E-state index in [4.69, 9.17) is 8.94 Å². The molecule has 96 valence electrons. The number of piperazine rings is 1. The minimum absolute atomic E-state index is 0.484. The van der Waals surface area contributed by atoms with Gasteiger partial charge in [-0.2, -0.15) is 4.98 Å². The number of hydrogen-bond acceptors (Lipinski definition) is 6. The Labute approximate surface area is 105 Å². The third-order valence-electron chi connectivity index (χ3n) is 3.19. The highest BCUT2D eigenvalue weighted by atomic mass is 16.5. The highest BCUT2D eigenvalue weighted by Crippen LogP contribution is 2.17. The molecule has 3 heterocycles. The number of hydrogen-bond donors (Lipinski definition) is 1. The molecule has 18 heavy (non-hydrogen) atoms. The van der Waals surface area contributed by atoms with Crippen molar-refractivity contribution in [3.05, 3.63) is 24.3 Å². The monoisotopic (exact) mass is 248 g/mol. The van der Waals surface area contributed by atoms with Crippen molar-refractivity contribution in [2.24, 2.45) is 0 Å². The summed E-state index contributed by atoms with van der Waals surface area (Å²) < 4.78 is 10.5. The molecule has 2 aromatic heterocycles. The van der Waals surface area contributed by atoms with Crippen molar-refractivity contribution in [2.75, 3.05) is 19.6 Å². The Morgan fingerprint density at radius 1 is 1.56 bits per heavy atom. The average Bonchev–Trinajstić information content (AvgIpc) is 3.02. The van der Waals surface area contributed by atoms with Gasteiger partial charge in [-0.3, -0.25) is 4.90 Å². The average molecular weight is 248 g/mol. The van der Waals surface area contributed by atoms with E-state index >= 15 is 0 Å². The zero-order valence-electron chi connectivity index (χ0n) is 10.3. The third-order valence-corrected chi connectivity index (χ3v) is 3.19. The van der Waals surface area contributed by atoms with Crippen LogP contribution in [0.2, 0.25) is 0 Å². The Balaban J connectivity index is 1.70. The van der Waals surface area contributed by atoms with Crippen molar-refractivity contribution in [1.82, 2.24) is 20.4 Å². The molecule has 0 amide bonds. The first-order chi connectivity index (χ1) is 8.83. The molecule has 2 aromatic rings. The molecular formula is C12H16N4O2. The van der Waals surface area contributed by atoms with Crippen molar-refractivity contribution in [1.29, 1.82) is 0 Å². The number of nitrogens with one attached hydrogen (secondary N) is 1. The molecule has 6 nitrogen and oxygen atoms in total. The van der Waals surface area contributed by atoms with Crippen molar-refractivity contribution < 1.29 is 8.94 Å². The van der Waals surface area contributed by atoms with E-state index in [2.05, 4.69) is 27.3 Å². The first-order valence-corrected chi connectivity index (χ1v) is 6.14. The smallest absolute Gasteiger partial charge is 0.241 e. The van der Waals surface area contributed by atoms with E-state index in [-0.39, 0.29) is 0 Å². The van der Waals surface area contributed by atoms with Crippen molar-refractivity contribution in [3.8, 4) is 11.6 Å². The predicted molar refractivity (Wildman–Crippen MR) is 64.7 cm³/mol. The van der Waals surface area contributed by atoms with E-state index in [1.54, 1.807) is 6.26 Å². The molecule has 1 aliphatic rings. The second-order valence-corrected chi connectivity index (χ2v) is 4.51. The second kappa shape index (κ2) is 4.91. The van der Waals surface area contributed by atoms with Crippen LogP contribution in [0.15, 0.2) is 27.3 Å². The Kier molecular flexibility index (Phi) is 3.12. The molecule has 0 bridgehead atoms. The minimum Gasteiger partial charge on any atom is -0.461 e. The molecule has 1 atom stereocenters. The maximum absolute atomic E-state index is 5.26. The van der Waals surface area contributed by atoms with Crippen molar-refractivity contribution >= 4 is 0 Å². The number of aromatic nitrogens is 2. The molecule has 1 fully saturated rings. The van der Waals surface area contributed by atoms with E-state index in [1.165, 1.54) is 0 Å². The molecule has 1 saturated heterocycles. The van der Waals surface area contributed by atoms with Gasteiger partial charge in [0.05, 0.1) is 12.8 Å². The van der Waals surface area contributed by atoms with Crippen molar-refractivity contribution in [2.45, 2.75) is 19.5 Å². The highest BCUT2D eigenvalue weighted by Gasteiger charge is 2.21. The van der Waals surface area contributed by atoms with Crippen molar-refractivity contribution in [3.63, 3.8) is 0 Å². The van der Waals surface area contributed by atoms with Gasteiger partial charge in [0, 0.05) is 25.7 Å². The zero-order valence-corrected chi connectivity index (χ0v) is 10.3. The minimum atomic E-state index is 0.484. The van der Waals surface area contributed by atoms with E-state index < -0.39 is 0 Å². The molecule has 0 aliphatic carbocycles. The van der Waals surface area contributed by atoms with E-state index in [9.17, 15) is 0 Å². The van der Waals surface area contributed by atoms with Crippen LogP contribution in [0, 0.1) is 0 Å². The van der Waals surface area contributed by atoms with Gasteiger partial charge in [0.1, 0.15) is 0 Å². The normalized spacial score (nSPS) is 21.3. The topological polar surface area (TPSA) is 67.3 Å². The van der Waals surface area contributed by atoms with Gasteiger partial charge in [-0.05, 0) is 19.1 Å². The summed E-state index contributed by atoms with van der Waals surface area (Å²) in [5.41, 5.74) is 0. The third kappa shape index (κ3) is 2.30. The fourth-order valence-electron chi connectivity index (χ4n) is 2.12. The van der Waals surface area contributed by atoms with Crippen LogP contribution in [0.4, 0.5) is 0 Å². The molecule has 0 aromatic carbocycles. The molecule has 0 saturated carbocycles. The Hall–Kier alpha value is -1.66.